The molecule has 3 N–H and O–H groups in total. The summed E-state index contributed by atoms with van der Waals surface area (Å²) in [6.45, 7) is 2.45. The van der Waals surface area contributed by atoms with Gasteiger partial charge in [-0.25, -0.2) is 8.78 Å². The number of amides is 1. The molecule has 0 radical (unpaired) electrons. The van der Waals surface area contributed by atoms with Gasteiger partial charge in [-0.1, -0.05) is 6.92 Å². The SMILES string of the molecule is CC(CNC(=O)c1c(F)ccc(N)c1F)C1CC1. The number of anilines is 1. The molecule has 1 atom stereocenters. The first-order chi connectivity index (χ1) is 8.50. The van der Waals surface area contributed by atoms with E-state index in [-0.39, 0.29) is 5.69 Å². The lowest BCUT2D eigenvalue weighted by Gasteiger charge is -2.12. The molecule has 1 unspecified atom stereocenters. The van der Waals surface area contributed by atoms with Crippen LogP contribution in [0.2, 0.25) is 0 Å². The van der Waals surface area contributed by atoms with Crippen molar-refractivity contribution in [1.82, 2.24) is 5.32 Å². The number of rotatable bonds is 4. The predicted octanol–water partition coefficient (Wildman–Crippen LogP) is 2.32. The summed E-state index contributed by atoms with van der Waals surface area (Å²) in [4.78, 5) is 11.7. The van der Waals surface area contributed by atoms with Crippen molar-refractivity contribution in [3.8, 4) is 0 Å². The van der Waals surface area contributed by atoms with E-state index in [2.05, 4.69) is 5.32 Å². The molecule has 1 fully saturated rings. The van der Waals surface area contributed by atoms with E-state index in [0.29, 0.717) is 18.4 Å². The van der Waals surface area contributed by atoms with Crippen LogP contribution < -0.4 is 11.1 Å². The molecule has 18 heavy (non-hydrogen) atoms. The van der Waals surface area contributed by atoms with Crippen LogP contribution >= 0.6 is 0 Å². The van der Waals surface area contributed by atoms with Gasteiger partial charge in [0.2, 0.25) is 0 Å². The summed E-state index contributed by atoms with van der Waals surface area (Å²) in [6.07, 6.45) is 2.33. The third kappa shape index (κ3) is 2.60. The first-order valence-electron chi connectivity index (χ1n) is 6.02. The fraction of sp³-hybridized carbons (Fsp3) is 0.462. The fourth-order valence-electron chi connectivity index (χ4n) is 1.95. The highest BCUT2D eigenvalue weighted by molar-refractivity contribution is 5.95. The first kappa shape index (κ1) is 12.8. The minimum atomic E-state index is -0.994. The molecule has 0 spiro atoms. The standard InChI is InChI=1S/C13H16F2N2O/c1-7(8-2-3-8)6-17-13(18)11-9(14)4-5-10(16)12(11)15/h4-5,7-8H,2-3,6,16H2,1H3,(H,17,18). The van der Waals surface area contributed by atoms with Crippen molar-refractivity contribution in [3.05, 3.63) is 29.3 Å². The Labute approximate surface area is 104 Å². The Morgan fingerprint density at radius 2 is 2.17 bits per heavy atom. The Hall–Kier alpha value is -1.65. The normalized spacial score (nSPS) is 16.4. The van der Waals surface area contributed by atoms with Gasteiger partial charge in [-0.2, -0.15) is 0 Å². The van der Waals surface area contributed by atoms with Crippen molar-refractivity contribution < 1.29 is 13.6 Å². The molecule has 0 aliphatic heterocycles. The number of nitrogen functional groups attached to an aromatic ring is 1. The lowest BCUT2D eigenvalue weighted by molar-refractivity contribution is 0.0938. The van der Waals surface area contributed by atoms with Gasteiger partial charge in [0.15, 0.2) is 5.82 Å². The second kappa shape index (κ2) is 4.92. The van der Waals surface area contributed by atoms with Crippen LogP contribution in [0, 0.1) is 23.5 Å². The quantitative estimate of drug-likeness (QED) is 0.810. The van der Waals surface area contributed by atoms with Gasteiger partial charge in [-0.3, -0.25) is 4.79 Å². The fourth-order valence-corrected chi connectivity index (χ4v) is 1.95. The molecule has 0 saturated heterocycles. The van der Waals surface area contributed by atoms with Gasteiger partial charge in [0.25, 0.3) is 5.91 Å². The highest BCUT2D eigenvalue weighted by atomic mass is 19.1. The van der Waals surface area contributed by atoms with Gasteiger partial charge >= 0.3 is 0 Å². The Morgan fingerprint density at radius 1 is 1.50 bits per heavy atom. The van der Waals surface area contributed by atoms with Crippen LogP contribution in [-0.4, -0.2) is 12.5 Å². The zero-order valence-electron chi connectivity index (χ0n) is 10.2. The third-order valence-corrected chi connectivity index (χ3v) is 3.36. The van der Waals surface area contributed by atoms with E-state index in [1.54, 1.807) is 0 Å². The lowest BCUT2D eigenvalue weighted by Crippen LogP contribution is -2.30. The molecule has 1 amide bonds. The number of hydrogen-bond donors (Lipinski definition) is 2. The molecular weight excluding hydrogens is 238 g/mol. The Morgan fingerprint density at radius 3 is 2.78 bits per heavy atom. The summed E-state index contributed by atoms with van der Waals surface area (Å²) in [5, 5.41) is 2.55. The summed E-state index contributed by atoms with van der Waals surface area (Å²) in [5.74, 6) is -1.67. The first-order valence-corrected chi connectivity index (χ1v) is 6.02. The number of nitrogens with two attached hydrogens (primary N) is 1. The maximum absolute atomic E-state index is 13.6. The molecule has 1 saturated carbocycles. The van der Waals surface area contributed by atoms with Crippen molar-refractivity contribution in [3.63, 3.8) is 0 Å². The van der Waals surface area contributed by atoms with E-state index < -0.39 is 23.1 Å². The van der Waals surface area contributed by atoms with E-state index in [9.17, 15) is 13.6 Å². The van der Waals surface area contributed by atoms with E-state index >= 15 is 0 Å². The lowest BCUT2D eigenvalue weighted by atomic mass is 10.1. The number of carbonyl (C=O) groups is 1. The summed E-state index contributed by atoms with van der Waals surface area (Å²) in [6, 6.07) is 2.10. The van der Waals surface area contributed by atoms with E-state index in [1.807, 2.05) is 6.92 Å². The molecule has 0 heterocycles. The van der Waals surface area contributed by atoms with Gasteiger partial charge in [0.1, 0.15) is 11.4 Å². The molecule has 1 aliphatic rings. The largest absolute Gasteiger partial charge is 0.396 e. The number of halogens is 2. The van der Waals surface area contributed by atoms with Crippen molar-refractivity contribution in [2.75, 3.05) is 12.3 Å². The summed E-state index contributed by atoms with van der Waals surface area (Å²) < 4.78 is 27.0. The Balaban J connectivity index is 2.06. The number of nitrogens with one attached hydrogen (secondary N) is 1. The second-order valence-corrected chi connectivity index (χ2v) is 4.85. The summed E-state index contributed by atoms with van der Waals surface area (Å²) in [7, 11) is 0. The third-order valence-electron chi connectivity index (χ3n) is 3.36. The number of carbonyl (C=O) groups excluding carboxylic acids is 1. The highest BCUT2D eigenvalue weighted by Crippen LogP contribution is 2.36. The molecule has 3 nitrogen and oxygen atoms in total. The molecular formula is C13H16F2N2O. The molecule has 1 aromatic carbocycles. The van der Waals surface area contributed by atoms with Crippen LogP contribution in [-0.2, 0) is 0 Å². The average molecular weight is 254 g/mol. The predicted molar refractivity (Wildman–Crippen MR) is 65.0 cm³/mol. The van der Waals surface area contributed by atoms with Crippen LogP contribution in [0.5, 0.6) is 0 Å². The minimum Gasteiger partial charge on any atom is -0.396 e. The van der Waals surface area contributed by atoms with Gasteiger partial charge in [-0.15, -0.1) is 0 Å². The zero-order valence-corrected chi connectivity index (χ0v) is 10.2. The van der Waals surface area contributed by atoms with Crippen LogP contribution in [0.3, 0.4) is 0 Å². The maximum atomic E-state index is 13.6. The second-order valence-electron chi connectivity index (χ2n) is 4.85. The molecule has 1 aromatic rings. The molecule has 5 heteroatoms. The highest BCUT2D eigenvalue weighted by Gasteiger charge is 2.28. The van der Waals surface area contributed by atoms with Crippen LogP contribution in [0.4, 0.5) is 14.5 Å². The summed E-state index contributed by atoms with van der Waals surface area (Å²) in [5.41, 5.74) is 4.50. The monoisotopic (exact) mass is 254 g/mol. The minimum absolute atomic E-state index is 0.225. The molecule has 0 bridgehead atoms. The van der Waals surface area contributed by atoms with E-state index in [1.165, 1.54) is 0 Å². The van der Waals surface area contributed by atoms with Crippen molar-refractivity contribution in [2.45, 2.75) is 19.8 Å². The molecule has 2 rings (SSSR count). The summed E-state index contributed by atoms with van der Waals surface area (Å²) >= 11 is 0. The van der Waals surface area contributed by atoms with Gasteiger partial charge in [0, 0.05) is 6.54 Å². The topological polar surface area (TPSA) is 55.1 Å². The van der Waals surface area contributed by atoms with Crippen LogP contribution in [0.15, 0.2) is 12.1 Å². The zero-order chi connectivity index (χ0) is 13.3. The van der Waals surface area contributed by atoms with Gasteiger partial charge in [-0.05, 0) is 36.8 Å². The van der Waals surface area contributed by atoms with Crippen LogP contribution in [0.1, 0.15) is 30.1 Å². The van der Waals surface area contributed by atoms with Crippen LogP contribution in [0.25, 0.3) is 0 Å². The van der Waals surface area contributed by atoms with Gasteiger partial charge < -0.3 is 11.1 Å². The van der Waals surface area contributed by atoms with Crippen molar-refractivity contribution in [2.24, 2.45) is 11.8 Å². The average Bonchev–Trinajstić information content (AvgIpc) is 3.15. The molecule has 98 valence electrons. The molecule has 0 aromatic heterocycles. The van der Waals surface area contributed by atoms with Crippen molar-refractivity contribution in [1.29, 1.82) is 0 Å². The van der Waals surface area contributed by atoms with Crippen molar-refractivity contribution >= 4 is 11.6 Å². The van der Waals surface area contributed by atoms with E-state index in [4.69, 9.17) is 5.73 Å². The maximum Gasteiger partial charge on any atom is 0.257 e. The Kier molecular flexibility index (Phi) is 3.50. The number of hydrogen-bond acceptors (Lipinski definition) is 2. The number of benzene rings is 1. The van der Waals surface area contributed by atoms with E-state index in [0.717, 1.165) is 25.0 Å². The Bertz CT molecular complexity index is 472. The smallest absolute Gasteiger partial charge is 0.257 e. The molecule has 1 aliphatic carbocycles. The van der Waals surface area contributed by atoms with Gasteiger partial charge in [0.05, 0.1) is 5.69 Å².